The van der Waals surface area contributed by atoms with Crippen molar-refractivity contribution in [1.29, 1.82) is 0 Å². The van der Waals surface area contributed by atoms with Crippen LogP contribution in [0.5, 0.6) is 5.75 Å². The van der Waals surface area contributed by atoms with Gasteiger partial charge in [0.25, 0.3) is 0 Å². The molecule has 8 nitrogen and oxygen atoms in total. The highest BCUT2D eigenvalue weighted by Gasteiger charge is 2.30. The number of hydrogen-bond acceptors (Lipinski definition) is 5. The summed E-state index contributed by atoms with van der Waals surface area (Å²) in [6.07, 6.45) is 1.56. The smallest absolute Gasteiger partial charge is 0.244 e. The molecule has 1 N–H and O–H groups in total. The van der Waals surface area contributed by atoms with Gasteiger partial charge in [0.2, 0.25) is 21.8 Å². The number of sulfonamides is 1. The highest BCUT2D eigenvalue weighted by Crippen LogP contribution is 2.29. The first-order chi connectivity index (χ1) is 15.5. The molecule has 180 valence electrons. The molecule has 0 saturated heterocycles. The van der Waals surface area contributed by atoms with E-state index in [1.54, 1.807) is 31.2 Å². The zero-order valence-electron chi connectivity index (χ0n) is 19.8. The van der Waals surface area contributed by atoms with Crippen molar-refractivity contribution >= 4 is 27.5 Å². The fourth-order valence-corrected chi connectivity index (χ4v) is 4.26. The average Bonchev–Trinajstić information content (AvgIpc) is 2.77. The first-order valence-electron chi connectivity index (χ1n) is 10.8. The van der Waals surface area contributed by atoms with Crippen molar-refractivity contribution in [3.8, 4) is 5.75 Å². The Morgan fingerprint density at radius 1 is 1.00 bits per heavy atom. The SMILES string of the molecule is COc1ccccc1N(CC(=O)N(CCc1ccccc1)[C@H](C)C(=O)NC(C)C)S(C)(=O)=O. The van der Waals surface area contributed by atoms with Crippen LogP contribution in [0.15, 0.2) is 54.6 Å². The van der Waals surface area contributed by atoms with Gasteiger partial charge < -0.3 is 15.0 Å². The van der Waals surface area contributed by atoms with Crippen molar-refractivity contribution in [3.63, 3.8) is 0 Å². The van der Waals surface area contributed by atoms with Gasteiger partial charge in [0.05, 0.1) is 19.1 Å². The van der Waals surface area contributed by atoms with E-state index in [1.807, 2.05) is 44.2 Å². The fourth-order valence-electron chi connectivity index (χ4n) is 3.41. The minimum Gasteiger partial charge on any atom is -0.495 e. The monoisotopic (exact) mass is 475 g/mol. The quantitative estimate of drug-likeness (QED) is 0.539. The van der Waals surface area contributed by atoms with Crippen molar-refractivity contribution in [1.82, 2.24) is 10.2 Å². The maximum absolute atomic E-state index is 13.4. The molecular formula is C24H33N3O5S. The predicted molar refractivity (Wildman–Crippen MR) is 130 cm³/mol. The summed E-state index contributed by atoms with van der Waals surface area (Å²) in [6.45, 7) is 5.14. The van der Waals surface area contributed by atoms with Crippen LogP contribution in [0.1, 0.15) is 26.3 Å². The van der Waals surface area contributed by atoms with Gasteiger partial charge >= 0.3 is 0 Å². The van der Waals surface area contributed by atoms with Crippen LogP contribution in [-0.4, -0.2) is 63.7 Å². The van der Waals surface area contributed by atoms with Crippen molar-refractivity contribution < 1.29 is 22.7 Å². The average molecular weight is 476 g/mol. The molecule has 33 heavy (non-hydrogen) atoms. The van der Waals surface area contributed by atoms with E-state index in [9.17, 15) is 18.0 Å². The van der Waals surface area contributed by atoms with Gasteiger partial charge in [0.1, 0.15) is 18.3 Å². The van der Waals surface area contributed by atoms with E-state index in [1.165, 1.54) is 12.0 Å². The fraction of sp³-hybridized carbons (Fsp3) is 0.417. The molecule has 2 aromatic rings. The van der Waals surface area contributed by atoms with Crippen molar-refractivity contribution in [2.45, 2.75) is 39.3 Å². The van der Waals surface area contributed by atoms with Gasteiger partial charge in [-0.15, -0.1) is 0 Å². The van der Waals surface area contributed by atoms with E-state index in [2.05, 4.69) is 5.32 Å². The number of carbonyl (C=O) groups excluding carboxylic acids is 2. The van der Waals surface area contributed by atoms with E-state index < -0.39 is 28.5 Å². The van der Waals surface area contributed by atoms with Gasteiger partial charge in [-0.25, -0.2) is 8.42 Å². The van der Waals surface area contributed by atoms with Crippen molar-refractivity contribution in [2.75, 3.05) is 30.8 Å². The Morgan fingerprint density at radius 2 is 1.61 bits per heavy atom. The lowest BCUT2D eigenvalue weighted by molar-refractivity contribution is -0.139. The molecule has 0 aliphatic carbocycles. The van der Waals surface area contributed by atoms with Gasteiger partial charge in [0, 0.05) is 12.6 Å². The van der Waals surface area contributed by atoms with Crippen LogP contribution in [0.3, 0.4) is 0 Å². The summed E-state index contributed by atoms with van der Waals surface area (Å²) in [5, 5.41) is 2.82. The van der Waals surface area contributed by atoms with E-state index in [-0.39, 0.29) is 24.2 Å². The zero-order chi connectivity index (χ0) is 24.6. The molecule has 0 saturated carbocycles. The van der Waals surface area contributed by atoms with Gasteiger partial charge in [-0.1, -0.05) is 42.5 Å². The first kappa shape index (κ1) is 26.2. The number of hydrogen-bond donors (Lipinski definition) is 1. The lowest BCUT2D eigenvalue weighted by Gasteiger charge is -2.32. The molecule has 0 spiro atoms. The van der Waals surface area contributed by atoms with Crippen LogP contribution in [0.25, 0.3) is 0 Å². The number of carbonyl (C=O) groups is 2. The number of amides is 2. The number of benzene rings is 2. The van der Waals surface area contributed by atoms with E-state index >= 15 is 0 Å². The predicted octanol–water partition coefficient (Wildman–Crippen LogP) is 2.45. The molecule has 2 amide bonds. The second-order valence-corrected chi connectivity index (χ2v) is 10.0. The maximum atomic E-state index is 13.4. The van der Waals surface area contributed by atoms with Crippen LogP contribution in [0.4, 0.5) is 5.69 Å². The second-order valence-electron chi connectivity index (χ2n) is 8.10. The molecule has 0 aromatic heterocycles. The van der Waals surface area contributed by atoms with Crippen LogP contribution >= 0.6 is 0 Å². The Hall–Kier alpha value is -3.07. The first-order valence-corrected chi connectivity index (χ1v) is 12.6. The molecule has 0 fully saturated rings. The highest BCUT2D eigenvalue weighted by molar-refractivity contribution is 7.92. The van der Waals surface area contributed by atoms with Crippen LogP contribution in [0, 0.1) is 0 Å². The minimum atomic E-state index is -3.81. The molecule has 9 heteroatoms. The number of methoxy groups -OCH3 is 1. The van der Waals surface area contributed by atoms with Crippen molar-refractivity contribution in [2.24, 2.45) is 0 Å². The lowest BCUT2D eigenvalue weighted by Crippen LogP contribution is -2.53. The largest absolute Gasteiger partial charge is 0.495 e. The third kappa shape index (κ3) is 7.49. The number of nitrogens with zero attached hydrogens (tertiary/aromatic N) is 2. The Kier molecular flexibility index (Phi) is 9.28. The summed E-state index contributed by atoms with van der Waals surface area (Å²) >= 11 is 0. The minimum absolute atomic E-state index is 0.0906. The van der Waals surface area contributed by atoms with Gasteiger partial charge in [-0.3, -0.25) is 13.9 Å². The molecule has 2 rings (SSSR count). The standard InChI is InChI=1S/C24H33N3O5S/c1-18(2)25-24(29)19(3)26(16-15-20-11-7-6-8-12-20)23(28)17-27(33(5,30)31)21-13-9-10-14-22(21)32-4/h6-14,18-19H,15-17H2,1-5H3,(H,25,29)/t19-/m1/s1. The van der Waals surface area contributed by atoms with E-state index in [4.69, 9.17) is 4.74 Å². The molecule has 2 aromatic carbocycles. The van der Waals surface area contributed by atoms with E-state index in [0.717, 1.165) is 16.1 Å². The number of nitrogens with one attached hydrogen (secondary N) is 1. The molecule has 0 bridgehead atoms. The Balaban J connectivity index is 2.34. The second kappa shape index (κ2) is 11.7. The van der Waals surface area contributed by atoms with Crippen LogP contribution in [-0.2, 0) is 26.0 Å². The summed E-state index contributed by atoms with van der Waals surface area (Å²) < 4.78 is 31.5. The molecular weight excluding hydrogens is 442 g/mol. The zero-order valence-corrected chi connectivity index (χ0v) is 20.6. The van der Waals surface area contributed by atoms with Crippen molar-refractivity contribution in [3.05, 3.63) is 60.2 Å². The summed E-state index contributed by atoms with van der Waals surface area (Å²) in [4.78, 5) is 27.6. The molecule has 0 unspecified atom stereocenters. The van der Waals surface area contributed by atoms with Gasteiger partial charge in [0.15, 0.2) is 0 Å². The normalized spacial score (nSPS) is 12.2. The number of anilines is 1. The maximum Gasteiger partial charge on any atom is 0.244 e. The third-order valence-corrected chi connectivity index (χ3v) is 6.24. The van der Waals surface area contributed by atoms with Gasteiger partial charge in [-0.2, -0.15) is 0 Å². The third-order valence-electron chi connectivity index (χ3n) is 5.12. The molecule has 0 aliphatic rings. The summed E-state index contributed by atoms with van der Waals surface area (Å²) in [6, 6.07) is 15.3. The van der Waals surface area contributed by atoms with Crippen LogP contribution in [0.2, 0.25) is 0 Å². The van der Waals surface area contributed by atoms with E-state index in [0.29, 0.717) is 12.2 Å². The van der Waals surface area contributed by atoms with Crippen LogP contribution < -0.4 is 14.4 Å². The number of para-hydroxylation sites is 2. The molecule has 1 atom stereocenters. The Labute approximate surface area is 196 Å². The summed E-state index contributed by atoms with van der Waals surface area (Å²) in [5.74, 6) is -0.444. The number of rotatable bonds is 11. The number of ether oxygens (including phenoxy) is 1. The van der Waals surface area contributed by atoms with Gasteiger partial charge in [-0.05, 0) is 44.9 Å². The Bertz CT molecular complexity index is 1040. The highest BCUT2D eigenvalue weighted by atomic mass is 32.2. The topological polar surface area (TPSA) is 96.0 Å². The summed E-state index contributed by atoms with van der Waals surface area (Å²) in [7, 11) is -2.37. The molecule has 0 aliphatic heterocycles. The Morgan fingerprint density at radius 3 is 2.18 bits per heavy atom. The summed E-state index contributed by atoms with van der Waals surface area (Å²) in [5.41, 5.74) is 1.27. The molecule has 0 heterocycles. The lowest BCUT2D eigenvalue weighted by atomic mass is 10.1. The molecule has 0 radical (unpaired) electrons.